The first-order valence-corrected chi connectivity index (χ1v) is 8.69. The third kappa shape index (κ3) is 3.88. The summed E-state index contributed by atoms with van der Waals surface area (Å²) < 4.78 is 57.4. The molecule has 0 saturated carbocycles. The van der Waals surface area contributed by atoms with Crippen molar-refractivity contribution in [3.05, 3.63) is 58.1 Å². The van der Waals surface area contributed by atoms with Crippen molar-refractivity contribution in [1.82, 2.24) is 20.6 Å². The lowest BCUT2D eigenvalue weighted by atomic mass is 10.1. The Bertz CT molecular complexity index is 1160. The van der Waals surface area contributed by atoms with Crippen LogP contribution in [0.1, 0.15) is 16.7 Å². The Morgan fingerprint density at radius 3 is 2.62 bits per heavy atom. The Morgan fingerprint density at radius 2 is 1.93 bits per heavy atom. The molecule has 2 N–H and O–H groups in total. The van der Waals surface area contributed by atoms with E-state index in [1.165, 1.54) is 6.07 Å². The van der Waals surface area contributed by atoms with Crippen LogP contribution in [0.25, 0.3) is 22.6 Å². The summed E-state index contributed by atoms with van der Waals surface area (Å²) in [5, 5.41) is 17.5. The maximum atomic E-state index is 13.0. The van der Waals surface area contributed by atoms with Crippen LogP contribution in [0.4, 0.5) is 23.2 Å². The number of nitrogens with one attached hydrogen (secondary N) is 2. The molecule has 2 aromatic heterocycles. The van der Waals surface area contributed by atoms with E-state index in [0.29, 0.717) is 33.4 Å². The molecule has 0 bridgehead atoms. The summed E-state index contributed by atoms with van der Waals surface area (Å²) in [5.41, 5.74) is 0.108. The average Bonchev–Trinajstić information content (AvgIpc) is 3.34. The molecular weight excluding hydrogens is 414 g/mol. The minimum absolute atomic E-state index is 0.200. The monoisotopic (exact) mass is 425 g/mol. The first-order valence-electron chi connectivity index (χ1n) is 8.31. The number of hydrogen-bond acceptors (Lipinski definition) is 5. The summed E-state index contributed by atoms with van der Waals surface area (Å²) in [5.74, 6) is 0.794. The number of fused-ring (bicyclic) bond motifs is 1. The molecule has 2 aromatic carbocycles. The zero-order chi connectivity index (χ0) is 20.6. The van der Waals surface area contributed by atoms with E-state index in [2.05, 4.69) is 25.9 Å². The highest BCUT2D eigenvalue weighted by Crippen LogP contribution is 2.34. The fourth-order valence-electron chi connectivity index (χ4n) is 2.90. The van der Waals surface area contributed by atoms with Gasteiger partial charge in [0.2, 0.25) is 5.82 Å². The lowest BCUT2D eigenvalue weighted by molar-refractivity contribution is -0.138. The molecule has 0 aliphatic rings. The average molecular weight is 426 g/mol. The zero-order valence-electron chi connectivity index (χ0n) is 14.5. The largest absolute Gasteiger partial charge is 0.453 e. The van der Waals surface area contributed by atoms with Crippen molar-refractivity contribution in [3.63, 3.8) is 0 Å². The van der Waals surface area contributed by atoms with Gasteiger partial charge < -0.3 is 9.73 Å². The van der Waals surface area contributed by atoms with E-state index in [1.807, 2.05) is 0 Å². The number of hydrogen-bond donors (Lipinski definition) is 2. The highest BCUT2D eigenvalue weighted by atomic mass is 35.5. The number of furan rings is 1. The maximum Gasteiger partial charge on any atom is 0.416 e. The molecule has 29 heavy (non-hydrogen) atoms. The van der Waals surface area contributed by atoms with Gasteiger partial charge in [-0.2, -0.15) is 13.2 Å². The molecule has 0 aliphatic carbocycles. The number of rotatable bonds is 5. The molecular formula is C18H12ClF4N5O. The first kappa shape index (κ1) is 19.2. The van der Waals surface area contributed by atoms with E-state index >= 15 is 0 Å². The van der Waals surface area contributed by atoms with Crippen molar-refractivity contribution in [2.24, 2.45) is 0 Å². The summed E-state index contributed by atoms with van der Waals surface area (Å²) in [4.78, 5) is 0. The van der Waals surface area contributed by atoms with Gasteiger partial charge in [-0.1, -0.05) is 11.6 Å². The molecule has 0 spiro atoms. The molecule has 0 radical (unpaired) electrons. The van der Waals surface area contributed by atoms with E-state index in [1.54, 1.807) is 18.2 Å². The van der Waals surface area contributed by atoms with Crippen LogP contribution in [0.15, 0.2) is 40.8 Å². The van der Waals surface area contributed by atoms with E-state index < -0.39 is 24.0 Å². The summed E-state index contributed by atoms with van der Waals surface area (Å²) in [6, 6.07) is 8.37. The van der Waals surface area contributed by atoms with Gasteiger partial charge in [-0.15, -0.1) is 5.10 Å². The third-order valence-electron chi connectivity index (χ3n) is 4.30. The third-order valence-corrected chi connectivity index (χ3v) is 4.65. The molecule has 11 heteroatoms. The van der Waals surface area contributed by atoms with Gasteiger partial charge in [0.05, 0.1) is 5.56 Å². The summed E-state index contributed by atoms with van der Waals surface area (Å²) in [7, 11) is 0. The first-order chi connectivity index (χ1) is 13.8. The Balaban J connectivity index is 1.57. The molecule has 0 fully saturated rings. The molecule has 4 aromatic rings. The van der Waals surface area contributed by atoms with Gasteiger partial charge in [0.15, 0.2) is 5.76 Å². The van der Waals surface area contributed by atoms with Crippen LogP contribution in [0.2, 0.25) is 5.02 Å². The number of nitrogens with zero attached hydrogens (tertiary/aromatic N) is 3. The summed E-state index contributed by atoms with van der Waals surface area (Å²) >= 11 is 6.31. The predicted molar refractivity (Wildman–Crippen MR) is 98.0 cm³/mol. The Hall–Kier alpha value is -3.14. The van der Waals surface area contributed by atoms with Gasteiger partial charge in [-0.05, 0) is 58.0 Å². The van der Waals surface area contributed by atoms with Crippen LogP contribution in [-0.2, 0) is 19.4 Å². The summed E-state index contributed by atoms with van der Waals surface area (Å²) in [6.45, 7) is -1.02. The van der Waals surface area contributed by atoms with Gasteiger partial charge >= 0.3 is 6.18 Å². The number of alkyl halides is 4. The number of benzene rings is 2. The Morgan fingerprint density at radius 1 is 1.10 bits per heavy atom. The number of tetrazole rings is 1. The zero-order valence-corrected chi connectivity index (χ0v) is 15.3. The van der Waals surface area contributed by atoms with Crippen LogP contribution in [0, 0.1) is 0 Å². The van der Waals surface area contributed by atoms with E-state index in [-0.39, 0.29) is 6.54 Å². The van der Waals surface area contributed by atoms with Crippen LogP contribution >= 0.6 is 11.6 Å². The van der Waals surface area contributed by atoms with Crippen LogP contribution < -0.4 is 5.32 Å². The maximum absolute atomic E-state index is 13.0. The molecule has 0 amide bonds. The summed E-state index contributed by atoms with van der Waals surface area (Å²) in [6.07, 6.45) is -4.61. The Labute approximate surface area is 165 Å². The van der Waals surface area contributed by atoms with E-state index in [0.717, 1.165) is 17.5 Å². The van der Waals surface area contributed by atoms with E-state index in [4.69, 9.17) is 16.0 Å². The van der Waals surface area contributed by atoms with Gasteiger partial charge in [-0.25, -0.2) is 9.49 Å². The number of H-pyrrole nitrogens is 1. The molecule has 150 valence electrons. The van der Waals surface area contributed by atoms with Crippen LogP contribution in [0.5, 0.6) is 0 Å². The number of aromatic amines is 1. The SMILES string of the molecule is FCc1cc(NCc2cc3oc(-c4nnn[nH]4)cc3cc2Cl)ccc1C(F)(F)F. The second-order valence-electron chi connectivity index (χ2n) is 6.20. The second kappa shape index (κ2) is 7.36. The number of aromatic nitrogens is 4. The standard InChI is InChI=1S/C18H12ClF4N5O/c19-14-4-9-5-16(17-25-27-28-26-17)29-15(9)6-11(14)8-24-12-1-2-13(18(21,22)23)10(3-12)7-20/h1-6,24H,7-8H2,(H,25,26,27,28). The fourth-order valence-corrected chi connectivity index (χ4v) is 3.14. The van der Waals surface area contributed by atoms with Crippen molar-refractivity contribution >= 4 is 28.3 Å². The van der Waals surface area contributed by atoms with Crippen molar-refractivity contribution < 1.29 is 22.0 Å². The second-order valence-corrected chi connectivity index (χ2v) is 6.61. The molecule has 2 heterocycles. The topological polar surface area (TPSA) is 79.6 Å². The predicted octanol–water partition coefficient (Wildman–Crippen LogP) is 5.37. The number of halogens is 5. The van der Waals surface area contributed by atoms with Gasteiger partial charge in [0, 0.05) is 22.6 Å². The van der Waals surface area contributed by atoms with Gasteiger partial charge in [0.25, 0.3) is 0 Å². The van der Waals surface area contributed by atoms with Crippen LogP contribution in [0.3, 0.4) is 0 Å². The number of anilines is 1. The van der Waals surface area contributed by atoms with E-state index in [9.17, 15) is 17.6 Å². The minimum Gasteiger partial charge on any atom is -0.453 e. The highest BCUT2D eigenvalue weighted by Gasteiger charge is 2.33. The van der Waals surface area contributed by atoms with Crippen molar-refractivity contribution in [2.75, 3.05) is 5.32 Å². The van der Waals surface area contributed by atoms with Crippen molar-refractivity contribution in [2.45, 2.75) is 19.4 Å². The van der Waals surface area contributed by atoms with Crippen molar-refractivity contribution in [1.29, 1.82) is 0 Å². The highest BCUT2D eigenvalue weighted by molar-refractivity contribution is 6.32. The van der Waals surface area contributed by atoms with Gasteiger partial charge in [0.1, 0.15) is 12.3 Å². The minimum atomic E-state index is -4.61. The molecule has 0 saturated heterocycles. The van der Waals surface area contributed by atoms with Crippen molar-refractivity contribution in [3.8, 4) is 11.6 Å². The molecule has 0 unspecified atom stereocenters. The Kier molecular flexibility index (Phi) is 4.87. The lowest BCUT2D eigenvalue weighted by Gasteiger charge is -2.14. The van der Waals surface area contributed by atoms with Crippen LogP contribution in [-0.4, -0.2) is 20.6 Å². The fraction of sp³-hybridized carbons (Fsp3) is 0.167. The molecule has 4 rings (SSSR count). The molecule has 0 aliphatic heterocycles. The molecule has 6 nitrogen and oxygen atoms in total. The molecule has 0 atom stereocenters. The normalized spacial score (nSPS) is 11.9. The van der Waals surface area contributed by atoms with Gasteiger partial charge in [-0.3, -0.25) is 0 Å². The quantitative estimate of drug-likeness (QED) is 0.420. The smallest absolute Gasteiger partial charge is 0.416 e. The lowest BCUT2D eigenvalue weighted by Crippen LogP contribution is -2.09.